The van der Waals surface area contributed by atoms with E-state index in [1.807, 2.05) is 21.1 Å². The number of carboxylic acids is 1. The van der Waals surface area contributed by atoms with Crippen LogP contribution in [0, 0.1) is 0 Å². The molecule has 2 unspecified atom stereocenters. The van der Waals surface area contributed by atoms with Gasteiger partial charge in [-0.15, -0.1) is 0 Å². The van der Waals surface area contributed by atoms with E-state index in [0.717, 1.165) is 50.7 Å². The third kappa shape index (κ3) is 30.6. The highest BCUT2D eigenvalue weighted by Gasteiger charge is 2.27. The van der Waals surface area contributed by atoms with E-state index in [0.29, 0.717) is 17.4 Å². The Bertz CT molecular complexity index is 933. The predicted octanol–water partition coefficient (Wildman–Crippen LogP) is 6.10. The molecule has 0 aliphatic heterocycles. The molecule has 46 heavy (non-hydrogen) atoms. The van der Waals surface area contributed by atoms with E-state index in [1.165, 1.54) is 38.5 Å². The molecule has 0 radical (unpaired) electrons. The van der Waals surface area contributed by atoms with Crippen molar-refractivity contribution in [2.45, 2.75) is 122 Å². The second kappa shape index (κ2) is 26.9. The first kappa shape index (κ1) is 43.9. The van der Waals surface area contributed by atoms with Crippen LogP contribution in [0.3, 0.4) is 0 Å². The first-order valence-corrected chi connectivity index (χ1v) is 18.2. The maximum Gasteiger partial charge on any atom is 0.472 e. The fourth-order valence-corrected chi connectivity index (χ4v) is 4.90. The van der Waals surface area contributed by atoms with Crippen molar-refractivity contribution in [2.75, 3.05) is 47.5 Å². The molecule has 0 aromatic carbocycles. The van der Waals surface area contributed by atoms with Crippen molar-refractivity contribution in [3.8, 4) is 0 Å². The standard InChI is InChI=1S/C33H60NO11P/c1-5-6-7-8-9-10-11-12-13-14-15-16-17-18-19-20-32(38)42-27-30(28-44-46(40,41)43-26-25-34(2,3)4)45-33(39)24-22-29(35)21-23-31(36)37/h12-13,21,23,29-30,35H,5-11,14-20,22,24-28H2,1-4H3,(H-,36,37,40,41)/p+1/b13-12-,23-21+/t29?,30-/m1/s1. The number of nitrogens with zero attached hydrogens (tertiary/aromatic N) is 1. The topological polar surface area (TPSA) is 166 Å². The zero-order valence-electron chi connectivity index (χ0n) is 28.6. The minimum Gasteiger partial charge on any atom is -0.478 e. The molecule has 13 heteroatoms. The van der Waals surface area contributed by atoms with Crippen LogP contribution in [-0.4, -0.2) is 97.2 Å². The number of rotatable bonds is 30. The summed E-state index contributed by atoms with van der Waals surface area (Å²) in [7, 11) is 1.20. The summed E-state index contributed by atoms with van der Waals surface area (Å²) in [5, 5.41) is 18.4. The quantitative estimate of drug-likeness (QED) is 0.0201. The fourth-order valence-electron chi connectivity index (χ4n) is 4.16. The average Bonchev–Trinajstić information content (AvgIpc) is 2.97. The Hall–Kier alpha value is -2.08. The highest BCUT2D eigenvalue weighted by Crippen LogP contribution is 2.43. The van der Waals surface area contributed by atoms with E-state index in [2.05, 4.69) is 19.1 Å². The van der Waals surface area contributed by atoms with Gasteiger partial charge in [-0.05, 0) is 44.6 Å². The van der Waals surface area contributed by atoms with Crippen molar-refractivity contribution in [1.82, 2.24) is 0 Å². The monoisotopic (exact) mass is 678 g/mol. The molecule has 0 aromatic heterocycles. The number of esters is 2. The summed E-state index contributed by atoms with van der Waals surface area (Å²) in [4.78, 5) is 45.3. The van der Waals surface area contributed by atoms with Crippen LogP contribution >= 0.6 is 7.82 Å². The third-order valence-corrected chi connectivity index (χ3v) is 7.90. The molecule has 0 fully saturated rings. The first-order chi connectivity index (χ1) is 21.7. The number of hydrogen-bond donors (Lipinski definition) is 3. The molecule has 12 nitrogen and oxygen atoms in total. The molecule has 3 atom stereocenters. The van der Waals surface area contributed by atoms with Gasteiger partial charge in [0.2, 0.25) is 0 Å². The molecule has 0 heterocycles. The molecule has 0 aliphatic rings. The number of quaternary nitrogens is 1. The number of allylic oxidation sites excluding steroid dienone is 2. The van der Waals surface area contributed by atoms with Crippen molar-refractivity contribution in [3.63, 3.8) is 0 Å². The smallest absolute Gasteiger partial charge is 0.472 e. The Morgan fingerprint density at radius 3 is 1.98 bits per heavy atom. The number of aliphatic hydroxyl groups is 1. The molecule has 0 bridgehead atoms. The van der Waals surface area contributed by atoms with Crippen LogP contribution in [-0.2, 0) is 37.5 Å². The average molecular weight is 679 g/mol. The van der Waals surface area contributed by atoms with Gasteiger partial charge in [0.15, 0.2) is 6.10 Å². The van der Waals surface area contributed by atoms with Crippen molar-refractivity contribution in [3.05, 3.63) is 24.3 Å². The zero-order chi connectivity index (χ0) is 34.7. The van der Waals surface area contributed by atoms with Crippen LogP contribution in [0.15, 0.2) is 24.3 Å². The lowest BCUT2D eigenvalue weighted by molar-refractivity contribution is -0.870. The van der Waals surface area contributed by atoms with E-state index in [1.54, 1.807) is 0 Å². The summed E-state index contributed by atoms with van der Waals surface area (Å²) in [6.07, 6.45) is 18.6. The maximum atomic E-state index is 12.3. The second-order valence-electron chi connectivity index (χ2n) is 12.5. The van der Waals surface area contributed by atoms with Gasteiger partial charge in [-0.1, -0.05) is 70.4 Å². The molecule has 0 aromatic rings. The van der Waals surface area contributed by atoms with Crippen LogP contribution in [0.1, 0.15) is 110 Å². The van der Waals surface area contributed by atoms with Gasteiger partial charge in [0.1, 0.15) is 19.8 Å². The summed E-state index contributed by atoms with van der Waals surface area (Å²) in [5.41, 5.74) is 0. The van der Waals surface area contributed by atoms with Crippen molar-refractivity contribution in [2.24, 2.45) is 0 Å². The lowest BCUT2D eigenvalue weighted by Crippen LogP contribution is -2.37. The van der Waals surface area contributed by atoms with Gasteiger partial charge in [0.25, 0.3) is 0 Å². The molecule has 0 aliphatic carbocycles. The molecule has 0 rings (SSSR count). The number of hydrogen-bond acceptors (Lipinski definition) is 9. The highest BCUT2D eigenvalue weighted by atomic mass is 31.2. The number of carbonyl (C=O) groups is 3. The summed E-state index contributed by atoms with van der Waals surface area (Å²) < 4.78 is 33.3. The summed E-state index contributed by atoms with van der Waals surface area (Å²) in [6, 6.07) is 0. The van der Waals surface area contributed by atoms with Gasteiger partial charge in [-0.25, -0.2) is 9.36 Å². The Kier molecular flexibility index (Phi) is 25.7. The summed E-state index contributed by atoms with van der Waals surface area (Å²) >= 11 is 0. The zero-order valence-corrected chi connectivity index (χ0v) is 29.5. The minimum absolute atomic E-state index is 0.0472. The number of aliphatic hydroxyl groups excluding tert-OH is 1. The lowest BCUT2D eigenvalue weighted by Gasteiger charge is -2.24. The van der Waals surface area contributed by atoms with Crippen LogP contribution in [0.25, 0.3) is 0 Å². The summed E-state index contributed by atoms with van der Waals surface area (Å²) in [5.74, 6) is -2.51. The van der Waals surface area contributed by atoms with Gasteiger partial charge in [0.05, 0.1) is 33.9 Å². The molecular formula is C33H61NO11P+. The Labute approximate surface area is 276 Å². The maximum absolute atomic E-state index is 12.3. The van der Waals surface area contributed by atoms with Crippen LogP contribution < -0.4 is 0 Å². The molecule has 3 N–H and O–H groups in total. The van der Waals surface area contributed by atoms with Gasteiger partial charge < -0.3 is 29.1 Å². The second-order valence-corrected chi connectivity index (χ2v) is 14.0. The van der Waals surface area contributed by atoms with E-state index < -0.39 is 51.2 Å². The number of ether oxygens (including phenoxy) is 2. The predicted molar refractivity (Wildman–Crippen MR) is 177 cm³/mol. The first-order valence-electron chi connectivity index (χ1n) is 16.8. The van der Waals surface area contributed by atoms with Crippen LogP contribution in [0.2, 0.25) is 0 Å². The van der Waals surface area contributed by atoms with Gasteiger partial charge in [-0.2, -0.15) is 0 Å². The number of likely N-dealkylation sites (N-methyl/N-ethyl adjacent to an activating group) is 1. The molecule has 268 valence electrons. The van der Waals surface area contributed by atoms with Gasteiger partial charge in [0, 0.05) is 18.9 Å². The Morgan fingerprint density at radius 2 is 1.39 bits per heavy atom. The van der Waals surface area contributed by atoms with Gasteiger partial charge >= 0.3 is 25.7 Å². The lowest BCUT2D eigenvalue weighted by atomic mass is 10.1. The number of unbranched alkanes of at least 4 members (excludes halogenated alkanes) is 11. The number of phosphoric acid groups is 1. The number of carbonyl (C=O) groups excluding carboxylic acids is 2. The SMILES string of the molecule is CCCCCCCC/C=C\CCCCCCCC(=O)OC[C@H](COP(=O)(O)OCC[N+](C)(C)C)OC(=O)CCC(O)/C=C/C(=O)O. The van der Waals surface area contributed by atoms with Crippen molar-refractivity contribution in [1.29, 1.82) is 0 Å². The van der Waals surface area contributed by atoms with Crippen molar-refractivity contribution < 1.29 is 57.1 Å². The van der Waals surface area contributed by atoms with Gasteiger partial charge in [-0.3, -0.25) is 18.6 Å². The largest absolute Gasteiger partial charge is 0.478 e. The number of aliphatic carboxylic acids is 1. The normalized spacial score (nSPS) is 14.7. The van der Waals surface area contributed by atoms with E-state index in [4.69, 9.17) is 23.6 Å². The van der Waals surface area contributed by atoms with Crippen molar-refractivity contribution >= 4 is 25.7 Å². The third-order valence-electron chi connectivity index (χ3n) is 6.92. The minimum atomic E-state index is -4.47. The number of phosphoric ester groups is 1. The summed E-state index contributed by atoms with van der Waals surface area (Å²) in [6.45, 7) is 1.67. The molecule has 0 saturated heterocycles. The van der Waals surface area contributed by atoms with E-state index in [9.17, 15) is 28.9 Å². The molecule has 0 saturated carbocycles. The fraction of sp³-hybridized carbons (Fsp3) is 0.788. The molecular weight excluding hydrogens is 617 g/mol. The van der Waals surface area contributed by atoms with E-state index in [-0.39, 0.29) is 25.9 Å². The van der Waals surface area contributed by atoms with E-state index >= 15 is 0 Å². The number of carboxylic acid groups (broad SMARTS) is 1. The molecule has 0 amide bonds. The molecule has 0 spiro atoms. The Balaban J connectivity index is 4.49. The highest BCUT2D eigenvalue weighted by molar-refractivity contribution is 7.47. The van der Waals surface area contributed by atoms with Crippen LogP contribution in [0.4, 0.5) is 0 Å². The van der Waals surface area contributed by atoms with Crippen LogP contribution in [0.5, 0.6) is 0 Å². The Morgan fingerprint density at radius 1 is 0.804 bits per heavy atom.